The van der Waals surface area contributed by atoms with E-state index in [4.69, 9.17) is 0 Å². The predicted molar refractivity (Wildman–Crippen MR) is 51.8 cm³/mol. The van der Waals surface area contributed by atoms with Crippen molar-refractivity contribution in [3.05, 3.63) is 12.2 Å². The van der Waals surface area contributed by atoms with Crippen LogP contribution in [0.3, 0.4) is 0 Å². The van der Waals surface area contributed by atoms with Crippen molar-refractivity contribution in [1.29, 1.82) is 0 Å². The zero-order valence-electron chi connectivity index (χ0n) is 8.33. The van der Waals surface area contributed by atoms with Gasteiger partial charge in [0.05, 0.1) is 0 Å². The molecule has 0 radical (unpaired) electrons. The molecule has 0 bridgehead atoms. The van der Waals surface area contributed by atoms with Gasteiger partial charge in [-0.15, -0.1) is 0 Å². The lowest BCUT2D eigenvalue weighted by Crippen LogP contribution is -2.29. The van der Waals surface area contributed by atoms with Crippen molar-refractivity contribution in [3.63, 3.8) is 0 Å². The monoisotopic (exact) mass is 155 g/mol. The second-order valence-electron chi connectivity index (χ2n) is 4.08. The van der Waals surface area contributed by atoms with Crippen LogP contribution in [0.15, 0.2) is 12.2 Å². The second-order valence-corrected chi connectivity index (χ2v) is 4.08. The molecule has 0 atom stereocenters. The van der Waals surface area contributed by atoms with Crippen LogP contribution >= 0.6 is 0 Å². The molecule has 0 rings (SSSR count). The first-order chi connectivity index (χ1) is 4.98. The average molecular weight is 155 g/mol. The molecule has 0 fully saturated rings. The van der Waals surface area contributed by atoms with Crippen LogP contribution in [-0.4, -0.2) is 13.1 Å². The largest absolute Gasteiger partial charge is 0.312 e. The molecule has 0 amide bonds. The van der Waals surface area contributed by atoms with E-state index in [1.807, 2.05) is 6.92 Å². The summed E-state index contributed by atoms with van der Waals surface area (Å²) >= 11 is 0. The van der Waals surface area contributed by atoms with Crippen molar-refractivity contribution in [2.45, 2.75) is 34.1 Å². The minimum absolute atomic E-state index is 0.426. The Morgan fingerprint density at radius 1 is 1.45 bits per heavy atom. The lowest BCUT2D eigenvalue weighted by Gasteiger charge is -2.22. The fourth-order valence-corrected chi connectivity index (χ4v) is 0.739. The van der Waals surface area contributed by atoms with Crippen molar-refractivity contribution in [2.75, 3.05) is 13.1 Å². The first kappa shape index (κ1) is 10.7. The Bertz CT molecular complexity index is 125. The minimum Gasteiger partial charge on any atom is -0.312 e. The molecule has 0 aromatic heterocycles. The van der Waals surface area contributed by atoms with E-state index in [0.29, 0.717) is 5.41 Å². The summed E-state index contributed by atoms with van der Waals surface area (Å²) in [6, 6.07) is 0. The Morgan fingerprint density at radius 3 is 2.36 bits per heavy atom. The molecule has 1 N–H and O–H groups in total. The molecule has 0 aromatic rings. The Balaban J connectivity index is 3.45. The third kappa shape index (κ3) is 6.11. The van der Waals surface area contributed by atoms with Crippen molar-refractivity contribution < 1.29 is 0 Å². The van der Waals surface area contributed by atoms with E-state index < -0.39 is 0 Å². The van der Waals surface area contributed by atoms with E-state index >= 15 is 0 Å². The van der Waals surface area contributed by atoms with Crippen LogP contribution in [0.1, 0.15) is 34.1 Å². The van der Waals surface area contributed by atoms with Gasteiger partial charge < -0.3 is 5.32 Å². The smallest absolute Gasteiger partial charge is 0.0159 e. The van der Waals surface area contributed by atoms with Gasteiger partial charge in [0.2, 0.25) is 0 Å². The predicted octanol–water partition coefficient (Wildman–Crippen LogP) is 2.59. The summed E-state index contributed by atoms with van der Waals surface area (Å²) in [7, 11) is 0. The summed E-state index contributed by atoms with van der Waals surface area (Å²) in [5, 5.41) is 3.38. The third-order valence-corrected chi connectivity index (χ3v) is 1.99. The van der Waals surface area contributed by atoms with Gasteiger partial charge in [0.15, 0.2) is 0 Å². The van der Waals surface area contributed by atoms with Gasteiger partial charge in [0.25, 0.3) is 0 Å². The van der Waals surface area contributed by atoms with Crippen molar-refractivity contribution >= 4 is 0 Å². The molecule has 0 aliphatic heterocycles. The highest BCUT2D eigenvalue weighted by molar-refractivity contribution is 4.91. The summed E-state index contributed by atoms with van der Waals surface area (Å²) in [5.41, 5.74) is 1.63. The second kappa shape index (κ2) is 4.55. The number of hydrogen-bond donors (Lipinski definition) is 1. The fraction of sp³-hybridized carbons (Fsp3) is 0.800. The molecule has 1 nitrogen and oxygen atoms in total. The van der Waals surface area contributed by atoms with Gasteiger partial charge in [-0.1, -0.05) is 32.9 Å². The van der Waals surface area contributed by atoms with E-state index in [-0.39, 0.29) is 0 Å². The maximum absolute atomic E-state index is 3.84. The topological polar surface area (TPSA) is 12.0 Å². The number of rotatable bonds is 5. The molecule has 0 unspecified atom stereocenters. The maximum Gasteiger partial charge on any atom is 0.0159 e. The molecule has 11 heavy (non-hydrogen) atoms. The Hall–Kier alpha value is -0.300. The van der Waals surface area contributed by atoms with Crippen LogP contribution in [0, 0.1) is 5.41 Å². The summed E-state index contributed by atoms with van der Waals surface area (Å²) in [4.78, 5) is 0. The molecule has 0 aliphatic rings. The fourth-order valence-electron chi connectivity index (χ4n) is 0.739. The zero-order chi connectivity index (χ0) is 8.91. The van der Waals surface area contributed by atoms with Crippen molar-refractivity contribution in [3.8, 4) is 0 Å². The van der Waals surface area contributed by atoms with E-state index in [1.54, 1.807) is 0 Å². The van der Waals surface area contributed by atoms with Crippen LogP contribution in [0.2, 0.25) is 0 Å². The normalized spacial score (nSPS) is 11.6. The first-order valence-corrected chi connectivity index (χ1v) is 4.33. The third-order valence-electron chi connectivity index (χ3n) is 1.99. The van der Waals surface area contributed by atoms with Gasteiger partial charge in [-0.25, -0.2) is 0 Å². The summed E-state index contributed by atoms with van der Waals surface area (Å²) in [5.74, 6) is 0. The Morgan fingerprint density at radius 2 is 2.00 bits per heavy atom. The lowest BCUT2D eigenvalue weighted by atomic mass is 9.90. The molecule has 1 heteroatoms. The Labute approximate surface area is 70.9 Å². The van der Waals surface area contributed by atoms with Gasteiger partial charge in [-0.2, -0.15) is 0 Å². The van der Waals surface area contributed by atoms with Crippen molar-refractivity contribution in [1.82, 2.24) is 5.32 Å². The van der Waals surface area contributed by atoms with Gasteiger partial charge in [0.1, 0.15) is 0 Å². The van der Waals surface area contributed by atoms with Gasteiger partial charge in [-0.3, -0.25) is 0 Å². The van der Waals surface area contributed by atoms with Gasteiger partial charge in [0, 0.05) is 13.1 Å². The van der Waals surface area contributed by atoms with E-state index in [2.05, 4.69) is 32.7 Å². The summed E-state index contributed by atoms with van der Waals surface area (Å²) < 4.78 is 0. The zero-order valence-corrected chi connectivity index (χ0v) is 8.33. The molecule has 0 saturated carbocycles. The highest BCUT2D eigenvalue weighted by atomic mass is 14.9. The van der Waals surface area contributed by atoms with E-state index in [0.717, 1.165) is 13.1 Å². The Kier molecular flexibility index (Phi) is 4.43. The summed E-state index contributed by atoms with van der Waals surface area (Å²) in [6.07, 6.45) is 1.22. The minimum atomic E-state index is 0.426. The maximum atomic E-state index is 3.84. The molecule has 0 aromatic carbocycles. The molecular weight excluding hydrogens is 134 g/mol. The SMILES string of the molecule is C=C(C)CNCC(C)(C)CC. The molecule has 0 saturated heterocycles. The number of nitrogens with one attached hydrogen (secondary N) is 1. The first-order valence-electron chi connectivity index (χ1n) is 4.33. The van der Waals surface area contributed by atoms with Crippen molar-refractivity contribution in [2.24, 2.45) is 5.41 Å². The highest BCUT2D eigenvalue weighted by Gasteiger charge is 2.13. The lowest BCUT2D eigenvalue weighted by molar-refractivity contribution is 0.333. The van der Waals surface area contributed by atoms with Gasteiger partial charge >= 0.3 is 0 Å². The van der Waals surface area contributed by atoms with Crippen LogP contribution in [0.25, 0.3) is 0 Å². The summed E-state index contributed by atoms with van der Waals surface area (Å²) in [6.45, 7) is 14.7. The van der Waals surface area contributed by atoms with E-state index in [9.17, 15) is 0 Å². The highest BCUT2D eigenvalue weighted by Crippen LogP contribution is 2.17. The molecule has 0 spiro atoms. The van der Waals surface area contributed by atoms with E-state index in [1.165, 1.54) is 12.0 Å². The molecule has 66 valence electrons. The molecular formula is C10H21N. The standard InChI is InChI=1S/C10H21N/c1-6-10(4,5)8-11-7-9(2)3/h11H,2,6-8H2,1,3-5H3. The average Bonchev–Trinajstić information content (AvgIpc) is 1.87. The number of hydrogen-bond acceptors (Lipinski definition) is 1. The molecule has 0 heterocycles. The van der Waals surface area contributed by atoms with Crippen LogP contribution < -0.4 is 5.32 Å². The van der Waals surface area contributed by atoms with Crippen LogP contribution in [-0.2, 0) is 0 Å². The van der Waals surface area contributed by atoms with Crippen LogP contribution in [0.5, 0.6) is 0 Å². The van der Waals surface area contributed by atoms with Gasteiger partial charge in [-0.05, 0) is 18.8 Å². The quantitative estimate of drug-likeness (QED) is 0.602. The van der Waals surface area contributed by atoms with Crippen LogP contribution in [0.4, 0.5) is 0 Å². The molecule has 0 aliphatic carbocycles.